The molecule has 3 rings (SSSR count). The minimum atomic E-state index is -5.05. The van der Waals surface area contributed by atoms with Crippen molar-refractivity contribution in [1.29, 1.82) is 0 Å². The fourth-order valence-corrected chi connectivity index (χ4v) is 4.74. The monoisotopic (exact) mass is 426 g/mol. The van der Waals surface area contributed by atoms with Crippen LogP contribution in [0, 0.1) is 5.92 Å². The number of halogens is 3. The van der Waals surface area contributed by atoms with Crippen molar-refractivity contribution >= 4 is 11.8 Å². The van der Waals surface area contributed by atoms with Crippen molar-refractivity contribution in [3.63, 3.8) is 0 Å². The average Bonchev–Trinajstić information content (AvgIpc) is 2.92. The first-order valence-corrected chi connectivity index (χ1v) is 10.4. The smallest absolute Gasteiger partial charge is 0.373 e. The predicted molar refractivity (Wildman–Crippen MR) is 106 cm³/mol. The minimum Gasteiger partial charge on any atom is -0.373 e. The Balaban J connectivity index is 1.72. The van der Waals surface area contributed by atoms with Crippen molar-refractivity contribution in [2.45, 2.75) is 82.3 Å². The van der Waals surface area contributed by atoms with Gasteiger partial charge in [-0.05, 0) is 44.1 Å². The number of amides is 2. The summed E-state index contributed by atoms with van der Waals surface area (Å²) in [6.45, 7) is 4.47. The number of hydrogen-bond acceptors (Lipinski definition) is 3. The zero-order valence-corrected chi connectivity index (χ0v) is 17.4. The van der Waals surface area contributed by atoms with Gasteiger partial charge in [0.2, 0.25) is 11.5 Å². The molecule has 2 unspecified atom stereocenters. The molecule has 5 nitrogen and oxygen atoms in total. The lowest BCUT2D eigenvalue weighted by molar-refractivity contribution is -0.245. The summed E-state index contributed by atoms with van der Waals surface area (Å²) in [5.74, 6) is -1.59. The van der Waals surface area contributed by atoms with E-state index in [9.17, 15) is 27.9 Å². The molecule has 1 aromatic rings. The molecule has 0 aliphatic carbocycles. The molecule has 0 spiro atoms. The molecule has 166 valence electrons. The van der Waals surface area contributed by atoms with Crippen molar-refractivity contribution < 1.29 is 27.9 Å². The van der Waals surface area contributed by atoms with Gasteiger partial charge in [-0.25, -0.2) is 0 Å². The Labute approximate surface area is 174 Å². The van der Waals surface area contributed by atoms with Gasteiger partial charge in [0.25, 0.3) is 5.91 Å². The molecule has 2 aliphatic rings. The molecule has 4 atom stereocenters. The van der Waals surface area contributed by atoms with Crippen LogP contribution in [0.1, 0.15) is 57.9 Å². The molecule has 2 bridgehead atoms. The Kier molecular flexibility index (Phi) is 6.18. The lowest BCUT2D eigenvalue weighted by Crippen LogP contribution is -2.60. The molecule has 2 saturated heterocycles. The third-order valence-corrected chi connectivity index (χ3v) is 6.41. The van der Waals surface area contributed by atoms with Gasteiger partial charge in [0.15, 0.2) is 0 Å². The Bertz CT molecular complexity index is 766. The fraction of sp³-hybridized carbons (Fsp3) is 0.636. The van der Waals surface area contributed by atoms with Gasteiger partial charge in [-0.15, -0.1) is 0 Å². The molecule has 2 amide bonds. The largest absolute Gasteiger partial charge is 0.426 e. The number of benzene rings is 1. The molecule has 2 aliphatic heterocycles. The molecule has 2 heterocycles. The molecule has 2 N–H and O–H groups in total. The van der Waals surface area contributed by atoms with Crippen LogP contribution in [0.2, 0.25) is 0 Å². The standard InChI is InChI=1S/C22H29F3N2O3/c1-13(2)18(14-7-5-4-6-8-14)19(28)27-16-9-10-17(27)12-15(11-16)26-20(29)21(3,30)22(23,24)25/h4-8,13,15-18,30H,9-12H2,1-3H3,(H,26,29)/t16-,17-,18?,21?/m1/s1. The quantitative estimate of drug-likeness (QED) is 0.759. The number of aliphatic hydroxyl groups is 1. The molecule has 0 radical (unpaired) electrons. The Hall–Kier alpha value is -2.09. The van der Waals surface area contributed by atoms with Crippen molar-refractivity contribution in [2.75, 3.05) is 0 Å². The summed E-state index contributed by atoms with van der Waals surface area (Å²) in [6, 6.07) is 8.85. The number of nitrogens with zero attached hydrogens (tertiary/aromatic N) is 1. The van der Waals surface area contributed by atoms with Gasteiger partial charge in [0.1, 0.15) is 0 Å². The first-order valence-electron chi connectivity index (χ1n) is 10.4. The second-order valence-electron chi connectivity index (χ2n) is 8.97. The highest BCUT2D eigenvalue weighted by Gasteiger charge is 2.56. The minimum absolute atomic E-state index is 0.0377. The van der Waals surface area contributed by atoms with E-state index < -0.39 is 23.7 Å². The van der Waals surface area contributed by atoms with Gasteiger partial charge in [0, 0.05) is 18.1 Å². The van der Waals surface area contributed by atoms with E-state index >= 15 is 0 Å². The number of carbonyl (C=O) groups excluding carboxylic acids is 2. The van der Waals surface area contributed by atoms with Crippen molar-refractivity contribution in [2.24, 2.45) is 5.92 Å². The highest BCUT2D eigenvalue weighted by molar-refractivity contribution is 5.86. The maximum absolute atomic E-state index is 13.5. The molecular weight excluding hydrogens is 397 g/mol. The normalized spacial score (nSPS) is 26.9. The Morgan fingerprint density at radius 2 is 1.63 bits per heavy atom. The van der Waals surface area contributed by atoms with Gasteiger partial charge < -0.3 is 15.3 Å². The van der Waals surface area contributed by atoms with Crippen molar-refractivity contribution in [3.05, 3.63) is 35.9 Å². The summed E-state index contributed by atoms with van der Waals surface area (Å²) in [5.41, 5.74) is -2.48. The number of carbonyl (C=O) groups is 2. The fourth-order valence-electron chi connectivity index (χ4n) is 4.74. The van der Waals surface area contributed by atoms with Crippen LogP contribution in [0.25, 0.3) is 0 Å². The number of hydrogen-bond donors (Lipinski definition) is 2. The lowest BCUT2D eigenvalue weighted by Gasteiger charge is -2.42. The number of nitrogens with one attached hydrogen (secondary N) is 1. The number of rotatable bonds is 5. The van der Waals surface area contributed by atoms with E-state index in [4.69, 9.17) is 0 Å². The summed E-state index contributed by atoms with van der Waals surface area (Å²) < 4.78 is 38.8. The summed E-state index contributed by atoms with van der Waals surface area (Å²) in [5, 5.41) is 12.0. The van der Waals surface area contributed by atoms with Crippen LogP contribution in [0.3, 0.4) is 0 Å². The van der Waals surface area contributed by atoms with Gasteiger partial charge in [-0.1, -0.05) is 44.2 Å². The predicted octanol–water partition coefficient (Wildman–Crippen LogP) is 3.38. The molecule has 2 fully saturated rings. The third-order valence-electron chi connectivity index (χ3n) is 6.41. The van der Waals surface area contributed by atoms with Crippen molar-refractivity contribution in [3.8, 4) is 0 Å². The Morgan fingerprint density at radius 3 is 2.10 bits per heavy atom. The first-order chi connectivity index (χ1) is 13.9. The molecule has 30 heavy (non-hydrogen) atoms. The van der Waals surface area contributed by atoms with Gasteiger partial charge in [0.05, 0.1) is 5.92 Å². The maximum atomic E-state index is 13.5. The van der Waals surface area contributed by atoms with E-state index in [0.29, 0.717) is 19.8 Å². The number of fused-ring (bicyclic) bond motifs is 2. The lowest BCUT2D eigenvalue weighted by atomic mass is 9.85. The summed E-state index contributed by atoms with van der Waals surface area (Å²) >= 11 is 0. The summed E-state index contributed by atoms with van der Waals surface area (Å²) in [7, 11) is 0. The van der Waals surface area contributed by atoms with E-state index in [-0.39, 0.29) is 29.8 Å². The summed E-state index contributed by atoms with van der Waals surface area (Å²) in [4.78, 5) is 27.4. The van der Waals surface area contributed by atoms with Crippen LogP contribution in [0.15, 0.2) is 30.3 Å². The van der Waals surface area contributed by atoms with Crippen LogP contribution >= 0.6 is 0 Å². The molecule has 0 saturated carbocycles. The van der Waals surface area contributed by atoms with E-state index in [0.717, 1.165) is 18.4 Å². The summed E-state index contributed by atoms with van der Waals surface area (Å²) in [6.07, 6.45) is -2.74. The Morgan fingerprint density at radius 1 is 1.10 bits per heavy atom. The number of piperidine rings is 1. The molecular formula is C22H29F3N2O3. The second kappa shape index (κ2) is 8.21. The van der Waals surface area contributed by atoms with Crippen LogP contribution in [0.5, 0.6) is 0 Å². The highest BCUT2D eigenvalue weighted by atomic mass is 19.4. The van der Waals surface area contributed by atoms with E-state index in [1.54, 1.807) is 0 Å². The first kappa shape index (κ1) is 22.6. The topological polar surface area (TPSA) is 69.6 Å². The van der Waals surface area contributed by atoms with Gasteiger partial charge in [-0.2, -0.15) is 13.2 Å². The van der Waals surface area contributed by atoms with Crippen LogP contribution < -0.4 is 5.32 Å². The van der Waals surface area contributed by atoms with E-state index in [2.05, 4.69) is 5.32 Å². The molecule has 1 aromatic carbocycles. The van der Waals surface area contributed by atoms with Gasteiger partial charge in [-0.3, -0.25) is 9.59 Å². The van der Waals surface area contributed by atoms with E-state index in [1.807, 2.05) is 49.1 Å². The van der Waals surface area contributed by atoms with E-state index in [1.165, 1.54) is 0 Å². The maximum Gasteiger partial charge on any atom is 0.426 e. The molecule has 8 heteroatoms. The highest BCUT2D eigenvalue weighted by Crippen LogP contribution is 2.40. The third kappa shape index (κ3) is 4.19. The second-order valence-corrected chi connectivity index (χ2v) is 8.97. The van der Waals surface area contributed by atoms with Crippen LogP contribution in [0.4, 0.5) is 13.2 Å². The average molecular weight is 426 g/mol. The zero-order valence-electron chi connectivity index (χ0n) is 17.4. The van der Waals surface area contributed by atoms with Crippen molar-refractivity contribution in [1.82, 2.24) is 10.2 Å². The van der Waals surface area contributed by atoms with Crippen LogP contribution in [-0.4, -0.2) is 51.7 Å². The van der Waals surface area contributed by atoms with Crippen LogP contribution in [-0.2, 0) is 9.59 Å². The zero-order chi connectivity index (χ0) is 22.3. The van der Waals surface area contributed by atoms with Gasteiger partial charge >= 0.3 is 6.18 Å². The number of alkyl halides is 3. The SMILES string of the molecule is CC(C)C(C(=O)N1[C@@H]2CC[C@@H]1CC(NC(=O)C(C)(O)C(F)(F)F)C2)c1ccccc1. The molecule has 0 aromatic heterocycles.